The first-order chi connectivity index (χ1) is 8.54. The molecule has 0 aliphatic heterocycles. The molecule has 2 aromatic heterocycles. The van der Waals surface area contributed by atoms with Crippen molar-refractivity contribution >= 4 is 17.4 Å². The summed E-state index contributed by atoms with van der Waals surface area (Å²) in [6, 6.07) is 5.16. The molecule has 0 radical (unpaired) electrons. The van der Waals surface area contributed by atoms with Gasteiger partial charge in [0.1, 0.15) is 5.69 Å². The monoisotopic (exact) mass is 265 g/mol. The Balaban J connectivity index is 2.55. The molecule has 6 nitrogen and oxygen atoms in total. The summed E-state index contributed by atoms with van der Waals surface area (Å²) in [5, 5.41) is 16.4. The highest BCUT2D eigenvalue weighted by Gasteiger charge is 2.12. The molecular formula is C11H12ClN5O. The van der Waals surface area contributed by atoms with E-state index >= 15 is 0 Å². The van der Waals surface area contributed by atoms with Crippen LogP contribution in [0.3, 0.4) is 0 Å². The molecule has 7 heteroatoms. The van der Waals surface area contributed by atoms with E-state index < -0.39 is 0 Å². The number of halogens is 1. The second-order valence-corrected chi connectivity index (χ2v) is 4.14. The second-order valence-electron chi connectivity index (χ2n) is 3.76. The Hall–Kier alpha value is -2.08. The van der Waals surface area contributed by atoms with Crippen LogP contribution in [0.4, 0.5) is 0 Å². The summed E-state index contributed by atoms with van der Waals surface area (Å²) in [7, 11) is 0. The van der Waals surface area contributed by atoms with Crippen molar-refractivity contribution in [2.75, 3.05) is 0 Å². The maximum atomic E-state index is 8.63. The van der Waals surface area contributed by atoms with E-state index in [4.69, 9.17) is 22.5 Å². The van der Waals surface area contributed by atoms with E-state index in [-0.39, 0.29) is 5.84 Å². The lowest BCUT2D eigenvalue weighted by Crippen LogP contribution is -2.16. The lowest BCUT2D eigenvalue weighted by Gasteiger charge is -2.05. The Bertz CT molecular complexity index is 620. The van der Waals surface area contributed by atoms with Gasteiger partial charge in [-0.1, -0.05) is 22.8 Å². The van der Waals surface area contributed by atoms with E-state index in [1.54, 1.807) is 22.9 Å². The highest BCUT2D eigenvalue weighted by atomic mass is 35.5. The number of aryl methyl sites for hydroxylation is 1. The number of rotatable bonds is 2. The Morgan fingerprint density at radius 2 is 2.17 bits per heavy atom. The zero-order valence-electron chi connectivity index (χ0n) is 9.92. The van der Waals surface area contributed by atoms with Gasteiger partial charge >= 0.3 is 0 Å². The summed E-state index contributed by atoms with van der Waals surface area (Å²) in [6.07, 6.45) is 0. The molecule has 0 aromatic carbocycles. The van der Waals surface area contributed by atoms with E-state index in [0.29, 0.717) is 16.5 Å². The number of hydrogen-bond acceptors (Lipinski definition) is 4. The van der Waals surface area contributed by atoms with Crippen LogP contribution in [0.5, 0.6) is 0 Å². The quantitative estimate of drug-likeness (QED) is 0.374. The average Bonchev–Trinajstić information content (AvgIpc) is 2.66. The van der Waals surface area contributed by atoms with Gasteiger partial charge in [-0.25, -0.2) is 9.67 Å². The third-order valence-corrected chi connectivity index (χ3v) is 3.07. The molecule has 94 valence electrons. The van der Waals surface area contributed by atoms with E-state index in [9.17, 15) is 0 Å². The van der Waals surface area contributed by atoms with Gasteiger partial charge in [-0.2, -0.15) is 5.10 Å². The predicted octanol–water partition coefficient (Wildman–Crippen LogP) is 1.63. The van der Waals surface area contributed by atoms with Gasteiger partial charge in [0.25, 0.3) is 0 Å². The Kier molecular flexibility index (Phi) is 3.20. The van der Waals surface area contributed by atoms with Crippen molar-refractivity contribution in [1.82, 2.24) is 14.8 Å². The molecule has 18 heavy (non-hydrogen) atoms. The van der Waals surface area contributed by atoms with Crippen LogP contribution in [-0.4, -0.2) is 25.8 Å². The third kappa shape index (κ3) is 2.02. The average molecular weight is 266 g/mol. The molecule has 2 heterocycles. The molecule has 0 amide bonds. The van der Waals surface area contributed by atoms with Gasteiger partial charge in [-0.3, -0.25) is 0 Å². The molecule has 2 rings (SSSR count). The van der Waals surface area contributed by atoms with Crippen LogP contribution in [0.25, 0.3) is 5.82 Å². The van der Waals surface area contributed by atoms with Crippen LogP contribution in [0, 0.1) is 13.8 Å². The van der Waals surface area contributed by atoms with Crippen LogP contribution in [0.1, 0.15) is 17.1 Å². The van der Waals surface area contributed by atoms with Crippen molar-refractivity contribution in [3.05, 3.63) is 40.3 Å². The zero-order chi connectivity index (χ0) is 13.3. The fourth-order valence-electron chi connectivity index (χ4n) is 1.58. The van der Waals surface area contributed by atoms with Gasteiger partial charge in [-0.15, -0.1) is 0 Å². The Labute approximate surface area is 109 Å². The molecule has 0 aliphatic rings. The smallest absolute Gasteiger partial charge is 0.188 e. The number of amidine groups is 1. The third-order valence-electron chi connectivity index (χ3n) is 2.52. The predicted molar refractivity (Wildman–Crippen MR) is 68.4 cm³/mol. The largest absolute Gasteiger partial charge is 0.409 e. The standard InChI is InChI=1S/C11H12ClN5O/c1-6-10(12)7(2)17(15-6)9-5-3-4-8(14-9)11(13)16-18/h3-5,18H,1-2H3,(H2,13,16). The summed E-state index contributed by atoms with van der Waals surface area (Å²) >= 11 is 6.08. The van der Waals surface area contributed by atoms with E-state index in [1.165, 1.54) is 0 Å². The van der Waals surface area contributed by atoms with Crippen molar-refractivity contribution in [2.24, 2.45) is 10.9 Å². The first kappa shape index (κ1) is 12.4. The van der Waals surface area contributed by atoms with Gasteiger partial charge in [0.2, 0.25) is 0 Å². The summed E-state index contributed by atoms with van der Waals surface area (Å²) < 4.78 is 1.62. The number of hydrogen-bond donors (Lipinski definition) is 2. The Morgan fingerprint density at radius 3 is 2.72 bits per heavy atom. The number of oxime groups is 1. The molecule has 0 atom stereocenters. The molecule has 0 bridgehead atoms. The number of nitrogens with two attached hydrogens (primary N) is 1. The lowest BCUT2D eigenvalue weighted by molar-refractivity contribution is 0.318. The van der Waals surface area contributed by atoms with E-state index in [0.717, 1.165) is 11.4 Å². The van der Waals surface area contributed by atoms with Gasteiger partial charge in [-0.05, 0) is 26.0 Å². The van der Waals surface area contributed by atoms with Crippen molar-refractivity contribution < 1.29 is 5.21 Å². The molecule has 2 aromatic rings. The molecule has 0 fully saturated rings. The van der Waals surface area contributed by atoms with Gasteiger partial charge < -0.3 is 10.9 Å². The summed E-state index contributed by atoms with van der Waals surface area (Å²) in [4.78, 5) is 4.26. The molecule has 0 saturated carbocycles. The van der Waals surface area contributed by atoms with Crippen LogP contribution in [0.2, 0.25) is 5.02 Å². The maximum absolute atomic E-state index is 8.63. The lowest BCUT2D eigenvalue weighted by atomic mass is 10.3. The van der Waals surface area contributed by atoms with E-state index in [2.05, 4.69) is 15.2 Å². The van der Waals surface area contributed by atoms with Crippen molar-refractivity contribution in [2.45, 2.75) is 13.8 Å². The highest BCUT2D eigenvalue weighted by Crippen LogP contribution is 2.21. The van der Waals surface area contributed by atoms with Crippen molar-refractivity contribution in [1.29, 1.82) is 0 Å². The summed E-state index contributed by atoms with van der Waals surface area (Å²) in [5.74, 6) is 0.510. The minimum atomic E-state index is -0.0514. The molecule has 3 N–H and O–H groups in total. The minimum absolute atomic E-state index is 0.0514. The van der Waals surface area contributed by atoms with Crippen LogP contribution in [-0.2, 0) is 0 Å². The van der Waals surface area contributed by atoms with Crippen LogP contribution < -0.4 is 5.73 Å². The Morgan fingerprint density at radius 1 is 1.44 bits per heavy atom. The van der Waals surface area contributed by atoms with Crippen LogP contribution >= 0.6 is 11.6 Å². The van der Waals surface area contributed by atoms with Crippen molar-refractivity contribution in [3.63, 3.8) is 0 Å². The number of aromatic nitrogens is 3. The highest BCUT2D eigenvalue weighted by molar-refractivity contribution is 6.31. The first-order valence-corrected chi connectivity index (χ1v) is 5.59. The normalized spacial score (nSPS) is 11.8. The van der Waals surface area contributed by atoms with Gasteiger partial charge in [0, 0.05) is 0 Å². The van der Waals surface area contributed by atoms with Crippen LogP contribution in [0.15, 0.2) is 23.4 Å². The summed E-state index contributed by atoms with van der Waals surface area (Å²) in [5.41, 5.74) is 7.39. The maximum Gasteiger partial charge on any atom is 0.188 e. The SMILES string of the molecule is Cc1nn(-c2cccc(C(N)=NO)n2)c(C)c1Cl. The van der Waals surface area contributed by atoms with Crippen molar-refractivity contribution in [3.8, 4) is 5.82 Å². The second kappa shape index (κ2) is 4.66. The number of nitrogens with zero attached hydrogens (tertiary/aromatic N) is 4. The molecule has 0 saturated heterocycles. The molecule has 0 aliphatic carbocycles. The molecular weight excluding hydrogens is 254 g/mol. The summed E-state index contributed by atoms with van der Waals surface area (Å²) in [6.45, 7) is 3.67. The molecule has 0 unspecified atom stereocenters. The molecule has 0 spiro atoms. The number of pyridine rings is 1. The fourth-order valence-corrected chi connectivity index (χ4v) is 1.70. The first-order valence-electron chi connectivity index (χ1n) is 5.21. The van der Waals surface area contributed by atoms with Gasteiger partial charge in [0.05, 0.1) is 16.4 Å². The minimum Gasteiger partial charge on any atom is -0.409 e. The van der Waals surface area contributed by atoms with E-state index in [1.807, 2.05) is 13.8 Å². The zero-order valence-corrected chi connectivity index (χ0v) is 10.7. The van der Waals surface area contributed by atoms with Gasteiger partial charge in [0.15, 0.2) is 11.7 Å². The topological polar surface area (TPSA) is 89.3 Å². The fraction of sp³-hybridized carbons (Fsp3) is 0.182.